The fourth-order valence-electron chi connectivity index (χ4n) is 2.29. The molecule has 0 aliphatic heterocycles. The lowest BCUT2D eigenvalue weighted by atomic mass is 9.96. The molecule has 0 saturated heterocycles. The van der Waals surface area contributed by atoms with Gasteiger partial charge < -0.3 is 5.11 Å². The van der Waals surface area contributed by atoms with Gasteiger partial charge in [-0.05, 0) is 38.5 Å². The average molecular weight is 268 g/mol. The van der Waals surface area contributed by atoms with Gasteiger partial charge in [0.05, 0.1) is 0 Å². The van der Waals surface area contributed by atoms with Gasteiger partial charge in [-0.3, -0.25) is 0 Å². The van der Waals surface area contributed by atoms with Crippen LogP contribution >= 0.6 is 0 Å². The van der Waals surface area contributed by atoms with E-state index in [-0.39, 0.29) is 0 Å². The SMILES string of the molecule is CCCCC(CCCCCCC(C)C)=C(C)C(=O)O. The predicted molar refractivity (Wildman–Crippen MR) is 82.4 cm³/mol. The van der Waals surface area contributed by atoms with Crippen molar-refractivity contribution in [1.82, 2.24) is 0 Å². The maximum Gasteiger partial charge on any atom is 0.331 e. The minimum atomic E-state index is -0.745. The van der Waals surface area contributed by atoms with Gasteiger partial charge in [0, 0.05) is 5.57 Å². The number of unbranched alkanes of at least 4 members (excludes halogenated alkanes) is 4. The second-order valence-electron chi connectivity index (χ2n) is 5.98. The third-order valence-corrected chi connectivity index (χ3v) is 3.69. The zero-order chi connectivity index (χ0) is 14.7. The summed E-state index contributed by atoms with van der Waals surface area (Å²) in [5.41, 5.74) is 1.74. The average Bonchev–Trinajstić information content (AvgIpc) is 2.35. The summed E-state index contributed by atoms with van der Waals surface area (Å²) < 4.78 is 0. The standard InChI is InChI=1S/C17H32O2/c1-5-6-12-16(15(4)17(18)19)13-10-8-7-9-11-14(2)3/h14H,5-13H2,1-4H3,(H,18,19). The maximum atomic E-state index is 11.1. The van der Waals surface area contributed by atoms with Gasteiger partial charge in [0.2, 0.25) is 0 Å². The van der Waals surface area contributed by atoms with Gasteiger partial charge >= 0.3 is 5.97 Å². The number of carboxylic acid groups (broad SMARTS) is 1. The molecule has 2 nitrogen and oxygen atoms in total. The molecule has 0 aromatic rings. The number of allylic oxidation sites excluding steroid dienone is 1. The summed E-state index contributed by atoms with van der Waals surface area (Å²) in [6, 6.07) is 0. The first-order valence-corrected chi connectivity index (χ1v) is 7.90. The van der Waals surface area contributed by atoms with E-state index in [1.807, 2.05) is 0 Å². The van der Waals surface area contributed by atoms with Crippen LogP contribution in [0.4, 0.5) is 0 Å². The Morgan fingerprint density at radius 2 is 1.58 bits per heavy atom. The lowest BCUT2D eigenvalue weighted by Crippen LogP contribution is -2.02. The van der Waals surface area contributed by atoms with Crippen molar-refractivity contribution in [1.29, 1.82) is 0 Å². The molecule has 0 spiro atoms. The number of carbonyl (C=O) groups is 1. The quantitative estimate of drug-likeness (QED) is 0.392. The third-order valence-electron chi connectivity index (χ3n) is 3.69. The van der Waals surface area contributed by atoms with Crippen molar-refractivity contribution in [3.63, 3.8) is 0 Å². The van der Waals surface area contributed by atoms with E-state index < -0.39 is 5.97 Å². The molecule has 0 aromatic heterocycles. The second kappa shape index (κ2) is 11.1. The summed E-state index contributed by atoms with van der Waals surface area (Å²) in [5, 5.41) is 9.10. The lowest BCUT2D eigenvalue weighted by molar-refractivity contribution is -0.132. The van der Waals surface area contributed by atoms with Gasteiger partial charge in [0.25, 0.3) is 0 Å². The Balaban J connectivity index is 4.00. The molecule has 0 heterocycles. The van der Waals surface area contributed by atoms with Crippen molar-refractivity contribution in [3.8, 4) is 0 Å². The Morgan fingerprint density at radius 3 is 2.11 bits per heavy atom. The van der Waals surface area contributed by atoms with Gasteiger partial charge in [-0.25, -0.2) is 4.79 Å². The first-order valence-electron chi connectivity index (χ1n) is 7.90. The molecule has 0 unspecified atom stereocenters. The van der Waals surface area contributed by atoms with E-state index >= 15 is 0 Å². The number of rotatable bonds is 11. The molecular formula is C17H32O2. The van der Waals surface area contributed by atoms with Crippen molar-refractivity contribution in [2.45, 2.75) is 85.5 Å². The van der Waals surface area contributed by atoms with Crippen molar-refractivity contribution in [2.75, 3.05) is 0 Å². The van der Waals surface area contributed by atoms with Crippen molar-refractivity contribution in [3.05, 3.63) is 11.1 Å². The van der Waals surface area contributed by atoms with Crippen LogP contribution in [0.5, 0.6) is 0 Å². The van der Waals surface area contributed by atoms with Crippen LogP contribution < -0.4 is 0 Å². The number of hydrogen-bond donors (Lipinski definition) is 1. The Hall–Kier alpha value is -0.790. The van der Waals surface area contributed by atoms with E-state index in [1.165, 1.54) is 31.3 Å². The van der Waals surface area contributed by atoms with Crippen LogP contribution in [0.15, 0.2) is 11.1 Å². The van der Waals surface area contributed by atoms with Gasteiger partial charge in [0.15, 0.2) is 0 Å². The van der Waals surface area contributed by atoms with Crippen LogP contribution in [0.2, 0.25) is 0 Å². The fraction of sp³-hybridized carbons (Fsp3) is 0.824. The van der Waals surface area contributed by atoms with Gasteiger partial charge in [-0.2, -0.15) is 0 Å². The maximum absolute atomic E-state index is 11.1. The number of hydrogen-bond acceptors (Lipinski definition) is 1. The number of carboxylic acids is 1. The predicted octanol–water partition coefficient (Wildman–Crippen LogP) is 5.57. The summed E-state index contributed by atoms with van der Waals surface area (Å²) in [6.45, 7) is 8.44. The summed E-state index contributed by atoms with van der Waals surface area (Å²) in [7, 11) is 0. The first-order chi connectivity index (χ1) is 8.99. The van der Waals surface area contributed by atoms with Gasteiger partial charge in [-0.15, -0.1) is 0 Å². The Bertz CT molecular complexity index is 277. The van der Waals surface area contributed by atoms with Crippen LogP contribution in [-0.2, 0) is 4.79 Å². The normalized spacial score (nSPS) is 12.7. The highest BCUT2D eigenvalue weighted by molar-refractivity contribution is 5.86. The van der Waals surface area contributed by atoms with Crippen LogP contribution in [0.1, 0.15) is 85.5 Å². The molecule has 0 amide bonds. The smallest absolute Gasteiger partial charge is 0.331 e. The molecule has 1 N–H and O–H groups in total. The van der Waals surface area contributed by atoms with E-state index in [0.717, 1.165) is 38.0 Å². The van der Waals surface area contributed by atoms with Crippen LogP contribution in [-0.4, -0.2) is 11.1 Å². The zero-order valence-electron chi connectivity index (χ0n) is 13.3. The van der Waals surface area contributed by atoms with E-state index in [4.69, 9.17) is 5.11 Å². The van der Waals surface area contributed by atoms with Crippen LogP contribution in [0.3, 0.4) is 0 Å². The molecule has 0 rings (SSSR count). The Kier molecular flexibility index (Phi) is 10.6. The molecule has 0 bridgehead atoms. The van der Waals surface area contributed by atoms with Crippen LogP contribution in [0, 0.1) is 5.92 Å². The molecule has 0 fully saturated rings. The molecule has 112 valence electrons. The highest BCUT2D eigenvalue weighted by atomic mass is 16.4. The van der Waals surface area contributed by atoms with Crippen molar-refractivity contribution >= 4 is 5.97 Å². The minimum absolute atomic E-state index is 0.579. The summed E-state index contributed by atoms with van der Waals surface area (Å²) in [5.74, 6) is 0.0557. The van der Waals surface area contributed by atoms with Crippen molar-refractivity contribution in [2.24, 2.45) is 5.92 Å². The highest BCUT2D eigenvalue weighted by Gasteiger charge is 2.08. The molecule has 19 heavy (non-hydrogen) atoms. The third kappa shape index (κ3) is 9.75. The molecular weight excluding hydrogens is 236 g/mol. The molecule has 0 saturated carbocycles. The summed E-state index contributed by atoms with van der Waals surface area (Å²) >= 11 is 0. The molecule has 2 heteroatoms. The van der Waals surface area contributed by atoms with Crippen molar-refractivity contribution < 1.29 is 9.90 Å². The topological polar surface area (TPSA) is 37.3 Å². The lowest BCUT2D eigenvalue weighted by Gasteiger charge is -2.10. The summed E-state index contributed by atoms with van der Waals surface area (Å²) in [4.78, 5) is 11.1. The van der Waals surface area contributed by atoms with E-state index in [1.54, 1.807) is 6.92 Å². The molecule has 0 aromatic carbocycles. The van der Waals surface area contributed by atoms with E-state index in [0.29, 0.717) is 5.57 Å². The molecule has 0 atom stereocenters. The monoisotopic (exact) mass is 268 g/mol. The number of aliphatic carboxylic acids is 1. The molecule has 0 aliphatic rings. The molecule has 0 aliphatic carbocycles. The van der Waals surface area contributed by atoms with Gasteiger partial charge in [0.1, 0.15) is 0 Å². The largest absolute Gasteiger partial charge is 0.478 e. The minimum Gasteiger partial charge on any atom is -0.478 e. The summed E-state index contributed by atoms with van der Waals surface area (Å²) in [6.07, 6.45) is 10.4. The highest BCUT2D eigenvalue weighted by Crippen LogP contribution is 2.21. The Labute approximate surface area is 119 Å². The first kappa shape index (κ1) is 18.2. The Morgan fingerprint density at radius 1 is 1.00 bits per heavy atom. The fourth-order valence-corrected chi connectivity index (χ4v) is 2.29. The zero-order valence-corrected chi connectivity index (χ0v) is 13.3. The molecule has 0 radical (unpaired) electrons. The van der Waals surface area contributed by atoms with Crippen LogP contribution in [0.25, 0.3) is 0 Å². The van der Waals surface area contributed by atoms with Gasteiger partial charge in [-0.1, -0.05) is 58.4 Å². The second-order valence-corrected chi connectivity index (χ2v) is 5.98. The van der Waals surface area contributed by atoms with E-state index in [2.05, 4.69) is 20.8 Å². The van der Waals surface area contributed by atoms with E-state index in [9.17, 15) is 4.79 Å².